The first kappa shape index (κ1) is 15.7. The van der Waals surface area contributed by atoms with Gasteiger partial charge >= 0.3 is 0 Å². The Labute approximate surface area is 165 Å². The first-order valence-corrected chi connectivity index (χ1v) is 10.0. The molecule has 0 fully saturated rings. The monoisotopic (exact) mass is 378 g/mol. The molecule has 0 aliphatic heterocycles. The highest BCUT2D eigenvalue weighted by Gasteiger charge is 2.15. The molecule has 0 radical (unpaired) electrons. The van der Waals surface area contributed by atoms with Crippen molar-refractivity contribution in [3.8, 4) is 11.6 Å². The number of thiophene rings is 1. The summed E-state index contributed by atoms with van der Waals surface area (Å²) in [5, 5.41) is 14.8. The summed E-state index contributed by atoms with van der Waals surface area (Å²) in [6.45, 7) is 0. The van der Waals surface area contributed by atoms with Crippen molar-refractivity contribution in [2.45, 2.75) is 0 Å². The summed E-state index contributed by atoms with van der Waals surface area (Å²) < 4.78 is 3.39. The molecule has 0 atom stereocenters. The topological polar surface area (TPSA) is 38.0 Å². The molecule has 0 bridgehead atoms. The number of rotatable bonds is 1. The third kappa shape index (κ3) is 2.14. The number of hydrogen-bond acceptors (Lipinski definition) is 3. The molecule has 3 heterocycles. The van der Waals surface area contributed by atoms with Crippen LogP contribution < -0.4 is 5.46 Å². The van der Waals surface area contributed by atoms with Crippen LogP contribution in [0.15, 0.2) is 72.8 Å². The molecule has 6 rings (SSSR count). The molecule has 0 amide bonds. The Morgan fingerprint density at radius 3 is 2.57 bits per heavy atom. The van der Waals surface area contributed by atoms with Crippen LogP contribution in [0.4, 0.5) is 0 Å². The minimum atomic E-state index is 0.260. The number of benzene rings is 3. The van der Waals surface area contributed by atoms with E-state index in [2.05, 4.69) is 67.0 Å². The number of hydrogen-bond donors (Lipinski definition) is 1. The van der Waals surface area contributed by atoms with Crippen LogP contribution in [0.2, 0.25) is 0 Å². The summed E-state index contributed by atoms with van der Waals surface area (Å²) in [6.07, 6.45) is 0. The third-order valence-corrected chi connectivity index (χ3v) is 6.44. The van der Waals surface area contributed by atoms with E-state index in [-0.39, 0.29) is 5.75 Å². The lowest BCUT2D eigenvalue weighted by Crippen LogP contribution is -2.01. The van der Waals surface area contributed by atoms with Crippen LogP contribution in [0.1, 0.15) is 0 Å². The van der Waals surface area contributed by atoms with Crippen molar-refractivity contribution in [2.24, 2.45) is 0 Å². The average molecular weight is 378 g/mol. The molecule has 6 aromatic rings. The second-order valence-electron chi connectivity index (χ2n) is 7.18. The maximum absolute atomic E-state index is 10.1. The summed E-state index contributed by atoms with van der Waals surface area (Å²) in [6, 6.07) is 24.7. The lowest BCUT2D eigenvalue weighted by molar-refractivity contribution is 0.476. The van der Waals surface area contributed by atoms with E-state index in [9.17, 15) is 5.11 Å². The Bertz CT molecular complexity index is 1550. The highest BCUT2D eigenvalue weighted by molar-refractivity contribution is 7.25. The molecule has 0 aliphatic rings. The highest BCUT2D eigenvalue weighted by atomic mass is 32.1. The van der Waals surface area contributed by atoms with Gasteiger partial charge in [-0.15, -0.1) is 11.3 Å². The molecule has 0 aliphatic carbocycles. The van der Waals surface area contributed by atoms with E-state index in [1.54, 1.807) is 17.4 Å². The predicted molar refractivity (Wildman–Crippen MR) is 121 cm³/mol. The van der Waals surface area contributed by atoms with Crippen molar-refractivity contribution in [1.82, 2.24) is 9.55 Å². The van der Waals surface area contributed by atoms with Crippen molar-refractivity contribution in [3.05, 3.63) is 72.8 Å². The zero-order valence-corrected chi connectivity index (χ0v) is 16.0. The van der Waals surface area contributed by atoms with E-state index in [4.69, 9.17) is 4.98 Å². The summed E-state index contributed by atoms with van der Waals surface area (Å²) in [7, 11) is 2.10. The normalized spacial score (nSPS) is 11.9. The largest absolute Gasteiger partial charge is 0.508 e. The Morgan fingerprint density at radius 2 is 1.64 bits per heavy atom. The first-order chi connectivity index (χ1) is 13.7. The van der Waals surface area contributed by atoms with Gasteiger partial charge in [0.25, 0.3) is 0 Å². The summed E-state index contributed by atoms with van der Waals surface area (Å²) in [5.74, 6) is 1.13. The van der Waals surface area contributed by atoms with Gasteiger partial charge < -0.3 is 5.11 Å². The number of phenolic OH excluding ortho intramolecular Hbond substituents is 1. The van der Waals surface area contributed by atoms with Crippen molar-refractivity contribution < 1.29 is 5.11 Å². The SMILES string of the molecule is Bc1ccc2c(c1)c1ccc(O)cc1n2-c1ccc2c(n1)sc1ccccc12. The molecule has 3 aromatic heterocycles. The molecule has 3 aromatic carbocycles. The summed E-state index contributed by atoms with van der Waals surface area (Å²) in [5.41, 5.74) is 3.28. The zero-order chi connectivity index (χ0) is 18.8. The van der Waals surface area contributed by atoms with Crippen LogP contribution in [-0.2, 0) is 0 Å². The van der Waals surface area contributed by atoms with E-state index in [0.717, 1.165) is 27.1 Å². The molecule has 5 heteroatoms. The van der Waals surface area contributed by atoms with E-state index >= 15 is 0 Å². The smallest absolute Gasteiger partial charge is 0.139 e. The van der Waals surface area contributed by atoms with Crippen LogP contribution in [-0.4, -0.2) is 22.5 Å². The quantitative estimate of drug-likeness (QED) is 0.428. The van der Waals surface area contributed by atoms with E-state index in [1.165, 1.54) is 26.3 Å². The van der Waals surface area contributed by atoms with Crippen LogP contribution in [0.3, 0.4) is 0 Å². The number of aromatic hydroxyl groups is 1. The first-order valence-electron chi connectivity index (χ1n) is 9.21. The third-order valence-electron chi connectivity index (χ3n) is 5.36. The van der Waals surface area contributed by atoms with Crippen molar-refractivity contribution in [3.63, 3.8) is 0 Å². The van der Waals surface area contributed by atoms with Gasteiger partial charge in [-0.2, -0.15) is 0 Å². The predicted octanol–water partition coefficient (Wildman–Crippen LogP) is 4.51. The fourth-order valence-corrected chi connectivity index (χ4v) is 5.16. The standard InChI is InChI=1S/C23H15BN2OS/c24-13-5-9-19-18(11-13)15-7-6-14(27)12-20(15)26(19)22-10-8-17-16-3-1-2-4-21(16)28-23(17)25-22/h1-12,27H,24H2. The second kappa shape index (κ2) is 5.60. The molecule has 0 spiro atoms. The second-order valence-corrected chi connectivity index (χ2v) is 8.21. The van der Waals surface area contributed by atoms with E-state index < -0.39 is 0 Å². The van der Waals surface area contributed by atoms with Gasteiger partial charge in [0.05, 0.1) is 11.0 Å². The van der Waals surface area contributed by atoms with Crippen LogP contribution >= 0.6 is 11.3 Å². The number of aromatic nitrogens is 2. The lowest BCUT2D eigenvalue weighted by Gasteiger charge is -2.07. The number of phenols is 1. The van der Waals surface area contributed by atoms with Gasteiger partial charge in [-0.05, 0) is 36.4 Å². The van der Waals surface area contributed by atoms with Gasteiger partial charge in [0.15, 0.2) is 0 Å². The molecule has 0 saturated heterocycles. The molecular weight excluding hydrogens is 363 g/mol. The average Bonchev–Trinajstić information content (AvgIpc) is 3.22. The Hall–Kier alpha value is -3.31. The van der Waals surface area contributed by atoms with Crippen LogP contribution in [0.5, 0.6) is 5.75 Å². The molecule has 0 saturated carbocycles. The highest BCUT2D eigenvalue weighted by Crippen LogP contribution is 2.36. The Balaban J connectivity index is 1.73. The molecule has 28 heavy (non-hydrogen) atoms. The number of nitrogens with zero attached hydrogens (tertiary/aromatic N) is 2. The van der Waals surface area contributed by atoms with Crippen LogP contribution in [0, 0.1) is 0 Å². The summed E-state index contributed by atoms with van der Waals surface area (Å²) in [4.78, 5) is 6.04. The Kier molecular flexibility index (Phi) is 3.14. The van der Waals surface area contributed by atoms with E-state index in [1.807, 2.05) is 12.1 Å². The van der Waals surface area contributed by atoms with E-state index in [0.29, 0.717) is 0 Å². The van der Waals surface area contributed by atoms with Gasteiger partial charge in [0.2, 0.25) is 0 Å². The molecule has 132 valence electrons. The van der Waals surface area contributed by atoms with Gasteiger partial charge in [-0.1, -0.05) is 35.8 Å². The zero-order valence-electron chi connectivity index (χ0n) is 15.2. The Morgan fingerprint density at radius 1 is 0.786 bits per heavy atom. The minimum Gasteiger partial charge on any atom is -0.508 e. The number of pyridine rings is 1. The minimum absolute atomic E-state index is 0.260. The van der Waals surface area contributed by atoms with Crippen molar-refractivity contribution >= 4 is 66.8 Å². The lowest BCUT2D eigenvalue weighted by atomic mass is 9.94. The fourth-order valence-electron chi connectivity index (χ4n) is 4.09. The van der Waals surface area contributed by atoms with Gasteiger partial charge in [0, 0.05) is 32.3 Å². The van der Waals surface area contributed by atoms with Crippen molar-refractivity contribution in [1.29, 1.82) is 0 Å². The van der Waals surface area contributed by atoms with Gasteiger partial charge in [0.1, 0.15) is 24.2 Å². The molecule has 1 N–H and O–H groups in total. The molecule has 0 unspecified atom stereocenters. The maximum Gasteiger partial charge on any atom is 0.139 e. The molecular formula is C23H15BN2OS. The maximum atomic E-state index is 10.1. The number of fused-ring (bicyclic) bond motifs is 6. The van der Waals surface area contributed by atoms with Crippen LogP contribution in [0.25, 0.3) is 47.9 Å². The van der Waals surface area contributed by atoms with Gasteiger partial charge in [-0.3, -0.25) is 4.57 Å². The summed E-state index contributed by atoms with van der Waals surface area (Å²) >= 11 is 1.72. The fraction of sp³-hybridized carbons (Fsp3) is 0. The van der Waals surface area contributed by atoms with Gasteiger partial charge in [-0.25, -0.2) is 4.98 Å². The molecule has 3 nitrogen and oxygen atoms in total. The van der Waals surface area contributed by atoms with Crippen molar-refractivity contribution in [2.75, 3.05) is 0 Å².